The lowest BCUT2D eigenvalue weighted by atomic mass is 10.0. The lowest BCUT2D eigenvalue weighted by Crippen LogP contribution is -2.40. The molecule has 7 nitrogen and oxygen atoms in total. The summed E-state index contributed by atoms with van der Waals surface area (Å²) in [6.07, 6.45) is -0.674. The smallest absolute Gasteiger partial charge is 0.422 e. The molecular weight excluding hydrogens is 407 g/mol. The molecule has 3 aromatic heterocycles. The molecular formula is C14H11BrF3N5O2. The van der Waals surface area contributed by atoms with E-state index in [0.717, 1.165) is 4.52 Å². The summed E-state index contributed by atoms with van der Waals surface area (Å²) < 4.78 is 46.3. The van der Waals surface area contributed by atoms with Crippen molar-refractivity contribution < 1.29 is 23.0 Å². The molecule has 11 heteroatoms. The van der Waals surface area contributed by atoms with E-state index >= 15 is 0 Å². The molecule has 1 atom stereocenters. The highest BCUT2D eigenvalue weighted by Gasteiger charge is 2.54. The SMILES string of the molecule is COc1cc2ncc(-c3cncc(Br)n3)n2nc1C(C)(O)C(F)(F)F. The third-order valence-electron chi connectivity index (χ3n) is 3.56. The fourth-order valence-corrected chi connectivity index (χ4v) is 2.48. The molecule has 0 radical (unpaired) electrons. The molecule has 25 heavy (non-hydrogen) atoms. The van der Waals surface area contributed by atoms with Crippen molar-refractivity contribution in [3.63, 3.8) is 0 Å². The number of fused-ring (bicyclic) bond motifs is 1. The van der Waals surface area contributed by atoms with Crippen LogP contribution in [0.3, 0.4) is 0 Å². The maximum absolute atomic E-state index is 13.2. The first-order valence-corrected chi connectivity index (χ1v) is 7.64. The van der Waals surface area contributed by atoms with Crippen LogP contribution in [0.1, 0.15) is 12.6 Å². The minimum Gasteiger partial charge on any atom is -0.495 e. The van der Waals surface area contributed by atoms with Gasteiger partial charge in [-0.2, -0.15) is 18.3 Å². The Morgan fingerprint density at radius 1 is 1.24 bits per heavy atom. The number of imidazole rings is 1. The molecule has 0 fully saturated rings. The second-order valence-electron chi connectivity index (χ2n) is 5.27. The van der Waals surface area contributed by atoms with Crippen LogP contribution in [0.4, 0.5) is 13.2 Å². The summed E-state index contributed by atoms with van der Waals surface area (Å²) in [5.41, 5.74) is -3.01. The van der Waals surface area contributed by atoms with Crippen molar-refractivity contribution in [2.24, 2.45) is 0 Å². The van der Waals surface area contributed by atoms with Gasteiger partial charge in [-0.3, -0.25) is 4.98 Å². The zero-order valence-electron chi connectivity index (χ0n) is 12.9. The second kappa shape index (κ2) is 5.92. The monoisotopic (exact) mass is 417 g/mol. The van der Waals surface area contributed by atoms with Gasteiger partial charge < -0.3 is 9.84 Å². The Balaban J connectivity index is 2.27. The van der Waals surface area contributed by atoms with Gasteiger partial charge in [0.15, 0.2) is 5.65 Å². The Bertz CT molecular complexity index is 942. The van der Waals surface area contributed by atoms with Gasteiger partial charge in [0.05, 0.1) is 25.7 Å². The number of methoxy groups -OCH3 is 1. The molecule has 132 valence electrons. The maximum atomic E-state index is 13.2. The number of rotatable bonds is 3. The molecule has 1 unspecified atom stereocenters. The average molecular weight is 418 g/mol. The van der Waals surface area contributed by atoms with Gasteiger partial charge in [0.25, 0.3) is 0 Å². The van der Waals surface area contributed by atoms with E-state index in [1.807, 2.05) is 0 Å². The number of alkyl halides is 3. The molecule has 0 saturated carbocycles. The highest BCUT2D eigenvalue weighted by atomic mass is 79.9. The van der Waals surface area contributed by atoms with Crippen molar-refractivity contribution in [3.05, 3.63) is 35.0 Å². The first-order valence-electron chi connectivity index (χ1n) is 6.85. The summed E-state index contributed by atoms with van der Waals surface area (Å²) in [7, 11) is 1.19. The van der Waals surface area contributed by atoms with Gasteiger partial charge in [-0.05, 0) is 22.9 Å². The van der Waals surface area contributed by atoms with Crippen LogP contribution in [0.25, 0.3) is 17.0 Å². The van der Waals surface area contributed by atoms with Crippen LogP contribution in [0, 0.1) is 0 Å². The zero-order chi connectivity index (χ0) is 18.4. The van der Waals surface area contributed by atoms with Crippen LogP contribution in [0.5, 0.6) is 5.75 Å². The van der Waals surface area contributed by atoms with E-state index in [1.165, 1.54) is 31.8 Å². The quantitative estimate of drug-likeness (QED) is 0.704. The van der Waals surface area contributed by atoms with Crippen LogP contribution in [-0.4, -0.2) is 43.0 Å². The normalized spacial score (nSPS) is 14.5. The highest BCUT2D eigenvalue weighted by molar-refractivity contribution is 9.10. The summed E-state index contributed by atoms with van der Waals surface area (Å²) in [6, 6.07) is 1.26. The van der Waals surface area contributed by atoms with Gasteiger partial charge in [-0.15, -0.1) is 0 Å². The summed E-state index contributed by atoms with van der Waals surface area (Å²) >= 11 is 3.17. The zero-order valence-corrected chi connectivity index (χ0v) is 14.5. The summed E-state index contributed by atoms with van der Waals surface area (Å²) in [4.78, 5) is 12.2. The van der Waals surface area contributed by atoms with Crippen LogP contribution in [0.2, 0.25) is 0 Å². The van der Waals surface area contributed by atoms with Crippen LogP contribution < -0.4 is 4.74 Å². The second-order valence-corrected chi connectivity index (χ2v) is 6.08. The lowest BCUT2D eigenvalue weighted by molar-refractivity contribution is -0.261. The Morgan fingerprint density at radius 2 is 1.96 bits per heavy atom. The van der Waals surface area contributed by atoms with Crippen molar-refractivity contribution in [2.45, 2.75) is 18.7 Å². The molecule has 3 rings (SSSR count). The fraction of sp³-hybridized carbons (Fsp3) is 0.286. The van der Waals surface area contributed by atoms with E-state index in [1.54, 1.807) is 0 Å². The minimum atomic E-state index is -4.95. The van der Waals surface area contributed by atoms with Crippen LogP contribution in [0.15, 0.2) is 29.3 Å². The van der Waals surface area contributed by atoms with Crippen molar-refractivity contribution in [2.75, 3.05) is 7.11 Å². The van der Waals surface area contributed by atoms with Crippen molar-refractivity contribution in [1.82, 2.24) is 24.6 Å². The predicted molar refractivity (Wildman–Crippen MR) is 83.9 cm³/mol. The summed E-state index contributed by atoms with van der Waals surface area (Å²) in [6.45, 7) is 0.610. The molecule has 3 heterocycles. The van der Waals surface area contributed by atoms with E-state index in [9.17, 15) is 18.3 Å². The molecule has 0 spiro atoms. The average Bonchev–Trinajstić information content (AvgIpc) is 2.95. The van der Waals surface area contributed by atoms with Gasteiger partial charge in [-0.25, -0.2) is 14.5 Å². The van der Waals surface area contributed by atoms with Crippen molar-refractivity contribution >= 4 is 21.6 Å². The standard InChI is InChI=1S/C14H11BrF3N5O2/c1-13(24,14(16,17)18)12-9(25-2)3-11-20-5-8(23(11)22-12)7-4-19-6-10(15)21-7/h3-6,24H,1-2H3. The molecule has 1 N–H and O–H groups in total. The minimum absolute atomic E-state index is 0.229. The van der Waals surface area contributed by atoms with Crippen LogP contribution >= 0.6 is 15.9 Å². The summed E-state index contributed by atoms with van der Waals surface area (Å²) in [5, 5.41) is 13.9. The first kappa shape index (κ1) is 17.5. The van der Waals surface area contributed by atoms with Gasteiger partial charge in [0, 0.05) is 6.07 Å². The van der Waals surface area contributed by atoms with Gasteiger partial charge in [0.1, 0.15) is 27.4 Å². The summed E-state index contributed by atoms with van der Waals surface area (Å²) in [5.74, 6) is -0.229. The highest BCUT2D eigenvalue weighted by Crippen LogP contribution is 2.41. The molecule has 0 amide bonds. The number of ether oxygens (including phenoxy) is 1. The van der Waals surface area contributed by atoms with Crippen LogP contribution in [-0.2, 0) is 5.60 Å². The third kappa shape index (κ3) is 2.93. The van der Waals surface area contributed by atoms with Gasteiger partial charge in [0.2, 0.25) is 5.60 Å². The molecule has 0 bridgehead atoms. The molecule has 0 aliphatic heterocycles. The number of hydrogen-bond donors (Lipinski definition) is 1. The van der Waals surface area contributed by atoms with E-state index in [0.29, 0.717) is 22.9 Å². The number of halogens is 4. The predicted octanol–water partition coefficient (Wildman–Crippen LogP) is 2.73. The molecule has 0 aliphatic carbocycles. The fourth-order valence-electron chi connectivity index (χ4n) is 2.17. The van der Waals surface area contributed by atoms with Crippen molar-refractivity contribution in [3.8, 4) is 17.1 Å². The Morgan fingerprint density at radius 3 is 2.56 bits per heavy atom. The number of hydrogen-bond acceptors (Lipinski definition) is 6. The van der Waals surface area contributed by atoms with E-state index in [-0.39, 0.29) is 11.4 Å². The molecule has 0 aromatic carbocycles. The van der Waals surface area contributed by atoms with E-state index in [4.69, 9.17) is 4.74 Å². The number of aromatic nitrogens is 5. The first-order chi connectivity index (χ1) is 11.6. The largest absolute Gasteiger partial charge is 0.495 e. The topological polar surface area (TPSA) is 85.4 Å². The lowest BCUT2D eigenvalue weighted by Gasteiger charge is -2.26. The van der Waals surface area contributed by atoms with Crippen molar-refractivity contribution in [1.29, 1.82) is 0 Å². The van der Waals surface area contributed by atoms with E-state index < -0.39 is 17.5 Å². The number of aliphatic hydroxyl groups is 1. The molecule has 3 aromatic rings. The molecule has 0 aliphatic rings. The Kier molecular flexibility index (Phi) is 4.15. The Labute approximate surface area is 147 Å². The number of nitrogens with zero attached hydrogens (tertiary/aromatic N) is 5. The van der Waals surface area contributed by atoms with Gasteiger partial charge in [-0.1, -0.05) is 0 Å². The Hall–Kier alpha value is -2.27. The maximum Gasteiger partial charge on any atom is 0.422 e. The van der Waals surface area contributed by atoms with E-state index in [2.05, 4.69) is 36.0 Å². The molecule has 0 saturated heterocycles. The third-order valence-corrected chi connectivity index (χ3v) is 3.94. The van der Waals surface area contributed by atoms with Gasteiger partial charge >= 0.3 is 6.18 Å².